The van der Waals surface area contributed by atoms with Crippen molar-refractivity contribution in [2.24, 2.45) is 0 Å². The van der Waals surface area contributed by atoms with Crippen LogP contribution in [0.3, 0.4) is 0 Å². The van der Waals surface area contributed by atoms with E-state index in [1.807, 2.05) is 6.07 Å². The minimum absolute atomic E-state index is 0.0710. The highest BCUT2D eigenvalue weighted by atomic mass is 35.5. The average Bonchev–Trinajstić information content (AvgIpc) is 2.74. The molecule has 0 radical (unpaired) electrons. The van der Waals surface area contributed by atoms with E-state index in [0.717, 1.165) is 5.56 Å². The number of benzene rings is 2. The number of ether oxygens (including phenoxy) is 2. The van der Waals surface area contributed by atoms with Crippen LogP contribution in [0.25, 0.3) is 6.08 Å². The second-order valence-electron chi connectivity index (χ2n) is 6.46. The van der Waals surface area contributed by atoms with Crippen molar-refractivity contribution in [3.63, 3.8) is 0 Å². The van der Waals surface area contributed by atoms with Crippen molar-refractivity contribution in [3.8, 4) is 11.5 Å². The van der Waals surface area contributed by atoms with Crippen LogP contribution in [0.2, 0.25) is 5.02 Å². The van der Waals surface area contributed by atoms with Crippen molar-refractivity contribution >= 4 is 39.3 Å². The van der Waals surface area contributed by atoms with Crippen molar-refractivity contribution in [2.75, 3.05) is 31.6 Å². The van der Waals surface area contributed by atoms with E-state index in [4.69, 9.17) is 21.1 Å². The predicted octanol–water partition coefficient (Wildman–Crippen LogP) is 3.79. The molecule has 0 aromatic heterocycles. The Morgan fingerprint density at radius 1 is 1.10 bits per heavy atom. The number of carbonyl (C=O) groups excluding carboxylic acids is 1. The Labute approximate surface area is 181 Å². The van der Waals surface area contributed by atoms with Gasteiger partial charge in [-0.2, -0.15) is 4.31 Å². The maximum Gasteiger partial charge on any atom is 0.248 e. The molecule has 1 amide bonds. The number of hydrogen-bond donors (Lipinski definition) is 1. The molecule has 1 aliphatic heterocycles. The Kier molecular flexibility index (Phi) is 7.02. The highest BCUT2D eigenvalue weighted by Crippen LogP contribution is 2.31. The third-order valence-corrected chi connectivity index (χ3v) is 6.91. The lowest BCUT2D eigenvalue weighted by molar-refractivity contribution is -0.111. The molecule has 0 saturated carbocycles. The van der Waals surface area contributed by atoms with E-state index < -0.39 is 15.9 Å². The van der Waals surface area contributed by atoms with E-state index in [1.54, 1.807) is 32.1 Å². The SMILES string of the molecule is CCN(CC)S(=O)(=O)c1ccc(Cl)c(NC(=O)/C=C/c2ccc3c(c2)OCCO3)c1. The van der Waals surface area contributed by atoms with Crippen molar-refractivity contribution in [1.29, 1.82) is 0 Å². The van der Waals surface area contributed by atoms with Crippen LogP contribution < -0.4 is 14.8 Å². The molecule has 0 atom stereocenters. The summed E-state index contributed by atoms with van der Waals surface area (Å²) >= 11 is 6.16. The fourth-order valence-electron chi connectivity index (χ4n) is 2.98. The minimum Gasteiger partial charge on any atom is -0.486 e. The zero-order valence-electron chi connectivity index (χ0n) is 16.7. The van der Waals surface area contributed by atoms with E-state index in [0.29, 0.717) is 37.8 Å². The van der Waals surface area contributed by atoms with E-state index in [2.05, 4.69) is 5.32 Å². The molecule has 0 spiro atoms. The van der Waals surface area contributed by atoms with Gasteiger partial charge in [0.05, 0.1) is 15.6 Å². The van der Waals surface area contributed by atoms with Crippen LogP contribution in [0.1, 0.15) is 19.4 Å². The molecule has 0 aliphatic carbocycles. The van der Waals surface area contributed by atoms with E-state index in [-0.39, 0.29) is 15.6 Å². The first kappa shape index (κ1) is 22.1. The lowest BCUT2D eigenvalue weighted by Gasteiger charge is -2.19. The molecule has 160 valence electrons. The molecule has 9 heteroatoms. The van der Waals surface area contributed by atoms with Gasteiger partial charge in [-0.15, -0.1) is 0 Å². The molecule has 0 fully saturated rings. The van der Waals surface area contributed by atoms with Crippen LogP contribution in [0.4, 0.5) is 5.69 Å². The van der Waals surface area contributed by atoms with Gasteiger partial charge in [-0.25, -0.2) is 8.42 Å². The van der Waals surface area contributed by atoms with Crippen LogP contribution in [-0.4, -0.2) is 44.9 Å². The van der Waals surface area contributed by atoms with Gasteiger partial charge < -0.3 is 14.8 Å². The summed E-state index contributed by atoms with van der Waals surface area (Å²) in [4.78, 5) is 12.4. The van der Waals surface area contributed by atoms with E-state index in [1.165, 1.54) is 28.6 Å². The van der Waals surface area contributed by atoms with Crippen molar-refractivity contribution in [2.45, 2.75) is 18.7 Å². The van der Waals surface area contributed by atoms with Gasteiger partial charge in [0, 0.05) is 19.2 Å². The van der Waals surface area contributed by atoms with Gasteiger partial charge >= 0.3 is 0 Å². The van der Waals surface area contributed by atoms with Crippen molar-refractivity contribution < 1.29 is 22.7 Å². The number of hydrogen-bond acceptors (Lipinski definition) is 5. The molecule has 1 aliphatic rings. The third-order valence-electron chi connectivity index (χ3n) is 4.53. The maximum absolute atomic E-state index is 12.7. The second kappa shape index (κ2) is 9.51. The van der Waals surface area contributed by atoms with Crippen LogP contribution in [0, 0.1) is 0 Å². The van der Waals surface area contributed by atoms with Gasteiger partial charge in [0.1, 0.15) is 13.2 Å². The summed E-state index contributed by atoms with van der Waals surface area (Å²) in [7, 11) is -3.66. The maximum atomic E-state index is 12.7. The molecule has 1 N–H and O–H groups in total. The lowest BCUT2D eigenvalue weighted by Crippen LogP contribution is -2.30. The van der Waals surface area contributed by atoms with E-state index >= 15 is 0 Å². The van der Waals surface area contributed by atoms with Gasteiger partial charge in [-0.3, -0.25) is 4.79 Å². The number of amides is 1. The van der Waals surface area contributed by atoms with Gasteiger partial charge in [-0.05, 0) is 42.0 Å². The largest absolute Gasteiger partial charge is 0.486 e. The number of rotatable bonds is 7. The van der Waals surface area contributed by atoms with Crippen molar-refractivity contribution in [3.05, 3.63) is 53.1 Å². The molecule has 30 heavy (non-hydrogen) atoms. The Balaban J connectivity index is 1.76. The summed E-state index contributed by atoms with van der Waals surface area (Å²) in [5, 5.41) is 2.88. The Hall–Kier alpha value is -2.55. The highest BCUT2D eigenvalue weighted by Gasteiger charge is 2.22. The number of halogens is 1. The fourth-order valence-corrected chi connectivity index (χ4v) is 4.63. The molecule has 0 bridgehead atoms. The Morgan fingerprint density at radius 3 is 2.50 bits per heavy atom. The first-order valence-corrected chi connectivity index (χ1v) is 11.4. The third kappa shape index (κ3) is 4.95. The van der Waals surface area contributed by atoms with E-state index in [9.17, 15) is 13.2 Å². The molecule has 7 nitrogen and oxygen atoms in total. The monoisotopic (exact) mass is 450 g/mol. The molecule has 0 saturated heterocycles. The lowest BCUT2D eigenvalue weighted by atomic mass is 10.2. The molecule has 3 rings (SSSR count). The number of carbonyl (C=O) groups is 1. The number of nitrogens with zero attached hydrogens (tertiary/aromatic N) is 1. The molecule has 2 aromatic rings. The highest BCUT2D eigenvalue weighted by molar-refractivity contribution is 7.89. The van der Waals surface area contributed by atoms with Crippen LogP contribution >= 0.6 is 11.6 Å². The number of fused-ring (bicyclic) bond motifs is 1. The zero-order chi connectivity index (χ0) is 21.7. The van der Waals surface area contributed by atoms with Gasteiger partial charge in [0.2, 0.25) is 15.9 Å². The van der Waals surface area contributed by atoms with Crippen molar-refractivity contribution in [1.82, 2.24) is 4.31 Å². The van der Waals surface area contributed by atoms with Crippen LogP contribution in [0.5, 0.6) is 11.5 Å². The average molecular weight is 451 g/mol. The number of anilines is 1. The summed E-state index contributed by atoms with van der Waals surface area (Å²) < 4.78 is 37.7. The summed E-state index contributed by atoms with van der Waals surface area (Å²) in [6.45, 7) is 5.22. The molecular formula is C21H23ClN2O5S. The van der Waals surface area contributed by atoms with Gasteiger partial charge in [-0.1, -0.05) is 31.5 Å². The van der Waals surface area contributed by atoms with Crippen LogP contribution in [0.15, 0.2) is 47.4 Å². The summed E-state index contributed by atoms with van der Waals surface area (Å²) in [6.07, 6.45) is 2.96. The molecular weight excluding hydrogens is 428 g/mol. The standard InChI is InChI=1S/C21H23ClN2O5S/c1-3-24(4-2)30(26,27)16-7-8-17(22)18(14-16)23-21(25)10-6-15-5-9-19-20(13-15)29-12-11-28-19/h5-10,13-14H,3-4,11-12H2,1-2H3,(H,23,25)/b10-6+. The first-order valence-electron chi connectivity index (χ1n) is 9.53. The normalized spacial score (nSPS) is 13.6. The summed E-state index contributed by atoms with van der Waals surface area (Å²) in [5.74, 6) is 0.853. The quantitative estimate of drug-likeness (QED) is 0.648. The second-order valence-corrected chi connectivity index (χ2v) is 8.80. The minimum atomic E-state index is -3.66. The molecule has 0 unspecified atom stereocenters. The molecule has 1 heterocycles. The summed E-state index contributed by atoms with van der Waals surface area (Å²) in [5.41, 5.74) is 0.986. The number of sulfonamides is 1. The van der Waals surface area contributed by atoms with Crippen LogP contribution in [-0.2, 0) is 14.8 Å². The van der Waals surface area contributed by atoms with Gasteiger partial charge in [0.15, 0.2) is 11.5 Å². The Morgan fingerprint density at radius 2 is 1.80 bits per heavy atom. The first-order chi connectivity index (χ1) is 14.3. The zero-order valence-corrected chi connectivity index (χ0v) is 18.3. The molecule has 2 aromatic carbocycles. The Bertz CT molecular complexity index is 1070. The smallest absolute Gasteiger partial charge is 0.248 e. The van der Waals surface area contributed by atoms with Gasteiger partial charge in [0.25, 0.3) is 0 Å². The predicted molar refractivity (Wildman–Crippen MR) is 117 cm³/mol. The number of nitrogens with one attached hydrogen (secondary N) is 1. The topological polar surface area (TPSA) is 84.9 Å². The fraction of sp³-hybridized carbons (Fsp3) is 0.286. The summed E-state index contributed by atoms with van der Waals surface area (Å²) in [6, 6.07) is 9.62.